The van der Waals surface area contributed by atoms with E-state index in [1.165, 1.54) is 16.6 Å². The molecule has 0 spiro atoms. The molecule has 0 saturated heterocycles. The Labute approximate surface area is 180 Å². The van der Waals surface area contributed by atoms with Gasteiger partial charge in [-0.15, -0.1) is 11.3 Å². The molecule has 1 N–H and O–H groups in total. The van der Waals surface area contributed by atoms with E-state index in [1.54, 1.807) is 48.1 Å². The summed E-state index contributed by atoms with van der Waals surface area (Å²) >= 11 is 2.87. The molecular formula is C21H19N3O4S2. The third-order valence-electron chi connectivity index (χ3n) is 5.45. The van der Waals surface area contributed by atoms with Crippen LogP contribution in [0.3, 0.4) is 0 Å². The smallest absolute Gasteiger partial charge is 0.262 e. The number of aryl methyl sites for hydroxylation is 2. The first kappa shape index (κ1) is 19.3. The molecular weight excluding hydrogens is 422 g/mol. The summed E-state index contributed by atoms with van der Waals surface area (Å²) in [6.45, 7) is 1.77. The lowest BCUT2D eigenvalue weighted by molar-refractivity contribution is -0.118. The summed E-state index contributed by atoms with van der Waals surface area (Å²) in [6, 6.07) is 5.01. The number of thiophene rings is 1. The zero-order valence-electron chi connectivity index (χ0n) is 16.5. The Balaban J connectivity index is 1.43. The number of Topliss-reactive ketones (excluding diaryl/α,β-unsaturated/α-hetero) is 1. The van der Waals surface area contributed by atoms with Crippen LogP contribution in [-0.2, 0) is 24.7 Å². The quantitative estimate of drug-likeness (QED) is 0.380. The van der Waals surface area contributed by atoms with Crippen molar-refractivity contribution in [2.45, 2.75) is 36.6 Å². The van der Waals surface area contributed by atoms with Gasteiger partial charge in [0.05, 0.1) is 16.3 Å². The fourth-order valence-corrected chi connectivity index (χ4v) is 6.15. The maximum atomic E-state index is 13.0. The van der Waals surface area contributed by atoms with Gasteiger partial charge in [-0.05, 0) is 49.9 Å². The molecule has 30 heavy (non-hydrogen) atoms. The van der Waals surface area contributed by atoms with Gasteiger partial charge in [-0.2, -0.15) is 0 Å². The Morgan fingerprint density at radius 3 is 3.00 bits per heavy atom. The van der Waals surface area contributed by atoms with Crippen LogP contribution in [0.5, 0.6) is 5.75 Å². The van der Waals surface area contributed by atoms with Crippen molar-refractivity contribution in [2.75, 3.05) is 11.9 Å². The highest BCUT2D eigenvalue weighted by atomic mass is 32.2. The molecule has 1 aliphatic heterocycles. The van der Waals surface area contributed by atoms with E-state index in [9.17, 15) is 14.4 Å². The van der Waals surface area contributed by atoms with Gasteiger partial charge < -0.3 is 10.1 Å². The topological polar surface area (TPSA) is 90.3 Å². The lowest BCUT2D eigenvalue weighted by atomic mass is 10.1. The fourth-order valence-electron chi connectivity index (χ4n) is 3.89. The molecule has 5 rings (SSSR count). The van der Waals surface area contributed by atoms with Crippen molar-refractivity contribution in [2.24, 2.45) is 7.05 Å². The molecule has 3 heterocycles. The predicted octanol–water partition coefficient (Wildman–Crippen LogP) is 3.18. The van der Waals surface area contributed by atoms with Crippen LogP contribution in [0.25, 0.3) is 10.2 Å². The molecule has 9 heteroatoms. The molecule has 1 aliphatic carbocycles. The molecule has 154 valence electrons. The molecule has 0 saturated carbocycles. The molecule has 0 fully saturated rings. The Bertz CT molecular complexity index is 1280. The number of hydrogen-bond acceptors (Lipinski definition) is 7. The largest absolute Gasteiger partial charge is 0.482 e. The molecule has 0 bridgehead atoms. The minimum atomic E-state index is -0.453. The number of rotatable bonds is 4. The van der Waals surface area contributed by atoms with E-state index in [4.69, 9.17) is 9.72 Å². The number of anilines is 1. The predicted molar refractivity (Wildman–Crippen MR) is 117 cm³/mol. The van der Waals surface area contributed by atoms with Crippen molar-refractivity contribution in [3.05, 3.63) is 44.6 Å². The molecule has 1 unspecified atom stereocenters. The van der Waals surface area contributed by atoms with E-state index in [0.29, 0.717) is 22.2 Å². The van der Waals surface area contributed by atoms with Crippen molar-refractivity contribution in [3.8, 4) is 5.75 Å². The summed E-state index contributed by atoms with van der Waals surface area (Å²) in [5.41, 5.74) is 2.08. The molecule has 2 aliphatic rings. The van der Waals surface area contributed by atoms with Crippen LogP contribution < -0.4 is 15.6 Å². The number of aromatic nitrogens is 2. The third-order valence-corrected chi connectivity index (χ3v) is 7.78. The lowest BCUT2D eigenvalue weighted by Crippen LogP contribution is -2.26. The standard InChI is InChI=1S/C21H19N3O4S2/c1-10(18(26)11-6-7-14-13(8-11)22-16(25)9-28-14)29-21-23-19-17(20(27)24(21)2)12-4-3-5-15(12)30-19/h6-8,10H,3-5,9H2,1-2H3,(H,22,25). The second-order valence-corrected chi connectivity index (χ2v) is 9.86. The number of carbonyl (C=O) groups excluding carboxylic acids is 2. The SMILES string of the molecule is CC(Sc1nc2sc3c(c2c(=O)n1C)CCC3)C(=O)c1ccc2c(c1)NC(=O)CO2. The number of ketones is 1. The molecule has 7 nitrogen and oxygen atoms in total. The van der Waals surface area contributed by atoms with E-state index in [-0.39, 0.29) is 23.9 Å². The van der Waals surface area contributed by atoms with Crippen LogP contribution >= 0.6 is 23.1 Å². The van der Waals surface area contributed by atoms with Crippen molar-refractivity contribution < 1.29 is 14.3 Å². The van der Waals surface area contributed by atoms with Gasteiger partial charge in [-0.25, -0.2) is 4.98 Å². The van der Waals surface area contributed by atoms with Crippen LogP contribution in [0.2, 0.25) is 0 Å². The van der Waals surface area contributed by atoms with E-state index in [1.807, 2.05) is 0 Å². The van der Waals surface area contributed by atoms with Gasteiger partial charge in [0.15, 0.2) is 17.5 Å². The average molecular weight is 442 g/mol. The number of amides is 1. The number of ether oxygens (including phenoxy) is 1. The summed E-state index contributed by atoms with van der Waals surface area (Å²) in [4.78, 5) is 44.2. The Morgan fingerprint density at radius 1 is 1.33 bits per heavy atom. The zero-order valence-corrected chi connectivity index (χ0v) is 18.1. The number of nitrogens with one attached hydrogen (secondary N) is 1. The van der Waals surface area contributed by atoms with E-state index < -0.39 is 5.25 Å². The maximum Gasteiger partial charge on any atom is 0.262 e. The van der Waals surface area contributed by atoms with Crippen molar-refractivity contribution >= 4 is 50.7 Å². The molecule has 0 radical (unpaired) electrons. The number of fused-ring (bicyclic) bond motifs is 4. The second kappa shape index (κ2) is 7.24. The highest BCUT2D eigenvalue weighted by molar-refractivity contribution is 8.00. The van der Waals surface area contributed by atoms with Gasteiger partial charge in [0.1, 0.15) is 10.6 Å². The van der Waals surface area contributed by atoms with Gasteiger partial charge in [-0.1, -0.05) is 11.8 Å². The summed E-state index contributed by atoms with van der Waals surface area (Å²) in [6.07, 6.45) is 3.04. The van der Waals surface area contributed by atoms with Crippen LogP contribution in [0.4, 0.5) is 5.69 Å². The molecule has 1 aromatic carbocycles. The fraction of sp³-hybridized carbons (Fsp3) is 0.333. The minimum absolute atomic E-state index is 0.0269. The van der Waals surface area contributed by atoms with Crippen molar-refractivity contribution in [1.82, 2.24) is 9.55 Å². The van der Waals surface area contributed by atoms with E-state index >= 15 is 0 Å². The van der Waals surface area contributed by atoms with Crippen molar-refractivity contribution in [3.63, 3.8) is 0 Å². The van der Waals surface area contributed by atoms with Crippen LogP contribution in [0.1, 0.15) is 34.1 Å². The normalized spacial score (nSPS) is 16.0. The minimum Gasteiger partial charge on any atom is -0.482 e. The molecule has 2 aromatic heterocycles. The van der Waals surface area contributed by atoms with Gasteiger partial charge in [0.2, 0.25) is 0 Å². The lowest BCUT2D eigenvalue weighted by Gasteiger charge is -2.19. The average Bonchev–Trinajstić information content (AvgIpc) is 3.31. The van der Waals surface area contributed by atoms with E-state index in [0.717, 1.165) is 35.0 Å². The van der Waals surface area contributed by atoms with Crippen LogP contribution in [-0.4, -0.2) is 33.1 Å². The number of thioether (sulfide) groups is 1. The Hall–Kier alpha value is -2.65. The maximum absolute atomic E-state index is 13.0. The number of nitrogens with zero attached hydrogens (tertiary/aromatic N) is 2. The van der Waals surface area contributed by atoms with Crippen LogP contribution in [0.15, 0.2) is 28.2 Å². The monoisotopic (exact) mass is 441 g/mol. The number of carbonyl (C=O) groups is 2. The summed E-state index contributed by atoms with van der Waals surface area (Å²) in [7, 11) is 1.71. The van der Waals surface area contributed by atoms with Gasteiger partial charge in [0, 0.05) is 17.5 Å². The number of hydrogen-bond donors (Lipinski definition) is 1. The van der Waals surface area contributed by atoms with Crippen LogP contribution in [0, 0.1) is 0 Å². The molecule has 1 atom stereocenters. The second-order valence-electron chi connectivity index (χ2n) is 7.47. The first-order valence-electron chi connectivity index (χ1n) is 9.71. The zero-order chi connectivity index (χ0) is 21.0. The highest BCUT2D eigenvalue weighted by Gasteiger charge is 2.25. The summed E-state index contributed by atoms with van der Waals surface area (Å²) in [5.74, 6) is 0.197. The summed E-state index contributed by atoms with van der Waals surface area (Å²) in [5, 5.41) is 3.54. The summed E-state index contributed by atoms with van der Waals surface area (Å²) < 4.78 is 6.89. The first-order valence-corrected chi connectivity index (χ1v) is 11.4. The Kier molecular flexibility index (Phi) is 4.67. The van der Waals surface area contributed by atoms with Gasteiger partial charge >= 0.3 is 0 Å². The Morgan fingerprint density at radius 2 is 2.17 bits per heavy atom. The van der Waals surface area contributed by atoms with E-state index in [2.05, 4.69) is 5.32 Å². The molecule has 3 aromatic rings. The van der Waals surface area contributed by atoms with Gasteiger partial charge in [-0.3, -0.25) is 19.0 Å². The van der Waals surface area contributed by atoms with Crippen molar-refractivity contribution in [1.29, 1.82) is 0 Å². The molecule has 1 amide bonds. The first-order chi connectivity index (χ1) is 14.4. The third kappa shape index (κ3) is 3.13. The number of benzene rings is 1. The highest BCUT2D eigenvalue weighted by Crippen LogP contribution is 2.36. The van der Waals surface area contributed by atoms with Gasteiger partial charge in [0.25, 0.3) is 11.5 Å².